The van der Waals surface area contributed by atoms with E-state index in [0.717, 1.165) is 6.08 Å². The van der Waals surface area contributed by atoms with Crippen LogP contribution in [0.25, 0.3) is 0 Å². The van der Waals surface area contributed by atoms with Crippen molar-refractivity contribution in [3.8, 4) is 0 Å². The van der Waals surface area contributed by atoms with Crippen LogP contribution in [-0.2, 0) is 4.79 Å². The SMILES string of the molecule is C=CC(=O)O.Nc1ccccc1N. The van der Waals surface area contributed by atoms with Crippen LogP contribution in [0, 0.1) is 0 Å². The van der Waals surface area contributed by atoms with E-state index in [1.54, 1.807) is 12.1 Å². The maximum atomic E-state index is 9.25. The second-order valence-electron chi connectivity index (χ2n) is 2.17. The van der Waals surface area contributed by atoms with Gasteiger partial charge in [-0.2, -0.15) is 0 Å². The van der Waals surface area contributed by atoms with Crippen LogP contribution in [-0.4, -0.2) is 11.1 Å². The predicted molar refractivity (Wildman–Crippen MR) is 53.1 cm³/mol. The summed E-state index contributed by atoms with van der Waals surface area (Å²) in [6.45, 7) is 2.96. The van der Waals surface area contributed by atoms with E-state index in [4.69, 9.17) is 16.6 Å². The third-order valence-corrected chi connectivity index (χ3v) is 1.17. The quantitative estimate of drug-likeness (QED) is 0.446. The Bertz CT molecular complexity index is 276. The molecule has 0 spiro atoms. The zero-order chi connectivity index (χ0) is 10.3. The third-order valence-electron chi connectivity index (χ3n) is 1.17. The summed E-state index contributed by atoms with van der Waals surface area (Å²) in [5.74, 6) is -0.981. The van der Waals surface area contributed by atoms with Crippen molar-refractivity contribution in [2.45, 2.75) is 0 Å². The highest BCUT2D eigenvalue weighted by molar-refractivity contribution is 5.78. The summed E-state index contributed by atoms with van der Waals surface area (Å²) in [4.78, 5) is 9.25. The van der Waals surface area contributed by atoms with Crippen LogP contribution in [0.2, 0.25) is 0 Å². The lowest BCUT2D eigenvalue weighted by Crippen LogP contribution is -1.91. The number of nitrogens with two attached hydrogens (primary N) is 2. The number of aliphatic carboxylic acids is 1. The maximum absolute atomic E-state index is 9.25. The molecule has 4 heteroatoms. The highest BCUT2D eigenvalue weighted by atomic mass is 16.4. The normalized spacial score (nSPS) is 8.00. The standard InChI is InChI=1S/C6H8N2.C3H4O2/c7-5-3-1-2-4-6(5)8;1-2-3(4)5/h1-4H,7-8H2;2H,1H2,(H,4,5). The number of hydrogen-bond donors (Lipinski definition) is 3. The Hall–Kier alpha value is -1.97. The molecule has 1 aromatic rings. The number of carboxylic acids is 1. The molecule has 0 saturated carbocycles. The van der Waals surface area contributed by atoms with E-state index >= 15 is 0 Å². The Morgan fingerprint density at radius 3 is 1.77 bits per heavy atom. The van der Waals surface area contributed by atoms with Gasteiger partial charge < -0.3 is 16.6 Å². The predicted octanol–water partition coefficient (Wildman–Crippen LogP) is 1.11. The van der Waals surface area contributed by atoms with Gasteiger partial charge in [0.25, 0.3) is 0 Å². The van der Waals surface area contributed by atoms with Crippen molar-refractivity contribution in [2.75, 3.05) is 11.5 Å². The van der Waals surface area contributed by atoms with Crippen LogP contribution >= 0.6 is 0 Å². The summed E-state index contributed by atoms with van der Waals surface area (Å²) in [5.41, 5.74) is 12.1. The number of nitrogen functional groups attached to an aromatic ring is 2. The Morgan fingerprint density at radius 2 is 1.62 bits per heavy atom. The fourth-order valence-corrected chi connectivity index (χ4v) is 0.511. The fraction of sp³-hybridized carbons (Fsp3) is 0. The molecule has 13 heavy (non-hydrogen) atoms. The highest BCUT2D eigenvalue weighted by Gasteiger charge is 1.85. The number of rotatable bonds is 1. The molecule has 0 unspecified atom stereocenters. The Morgan fingerprint density at radius 1 is 1.31 bits per heavy atom. The molecular weight excluding hydrogens is 168 g/mol. The van der Waals surface area contributed by atoms with Crippen LogP contribution in [0.3, 0.4) is 0 Å². The van der Waals surface area contributed by atoms with Crippen LogP contribution in [0.5, 0.6) is 0 Å². The fourth-order valence-electron chi connectivity index (χ4n) is 0.511. The van der Waals surface area contributed by atoms with E-state index in [1.807, 2.05) is 12.1 Å². The zero-order valence-corrected chi connectivity index (χ0v) is 7.10. The second kappa shape index (κ2) is 5.65. The Kier molecular flexibility index (Phi) is 4.79. The third kappa shape index (κ3) is 5.32. The van der Waals surface area contributed by atoms with Gasteiger partial charge in [-0.3, -0.25) is 0 Å². The molecule has 5 N–H and O–H groups in total. The van der Waals surface area contributed by atoms with Gasteiger partial charge >= 0.3 is 5.97 Å². The molecule has 0 heterocycles. The first-order valence-electron chi connectivity index (χ1n) is 3.53. The molecule has 0 aromatic heterocycles. The highest BCUT2D eigenvalue weighted by Crippen LogP contribution is 2.10. The Labute approximate surface area is 76.5 Å². The van der Waals surface area contributed by atoms with Crippen LogP contribution in [0.4, 0.5) is 11.4 Å². The second-order valence-corrected chi connectivity index (χ2v) is 2.17. The van der Waals surface area contributed by atoms with Crippen LogP contribution in [0.1, 0.15) is 0 Å². The summed E-state index contributed by atoms with van der Waals surface area (Å²) >= 11 is 0. The summed E-state index contributed by atoms with van der Waals surface area (Å²) in [5, 5.41) is 7.60. The average Bonchev–Trinajstić information content (AvgIpc) is 2.11. The monoisotopic (exact) mass is 180 g/mol. The first kappa shape index (κ1) is 11.0. The van der Waals surface area contributed by atoms with E-state index in [9.17, 15) is 4.79 Å². The van der Waals surface area contributed by atoms with Crippen molar-refractivity contribution >= 4 is 17.3 Å². The number of carboxylic acid groups (broad SMARTS) is 1. The van der Waals surface area contributed by atoms with E-state index in [2.05, 4.69) is 6.58 Å². The van der Waals surface area contributed by atoms with Crippen LogP contribution < -0.4 is 11.5 Å². The topological polar surface area (TPSA) is 89.3 Å². The van der Waals surface area contributed by atoms with Crippen molar-refractivity contribution in [3.05, 3.63) is 36.9 Å². The van der Waals surface area contributed by atoms with E-state index in [-0.39, 0.29) is 0 Å². The average molecular weight is 180 g/mol. The zero-order valence-electron chi connectivity index (χ0n) is 7.10. The molecule has 0 saturated heterocycles. The van der Waals surface area contributed by atoms with Gasteiger partial charge in [0.2, 0.25) is 0 Å². The van der Waals surface area contributed by atoms with Crippen molar-refractivity contribution in [3.63, 3.8) is 0 Å². The van der Waals surface area contributed by atoms with Gasteiger partial charge in [0.15, 0.2) is 0 Å². The smallest absolute Gasteiger partial charge is 0.327 e. The van der Waals surface area contributed by atoms with Crippen molar-refractivity contribution in [2.24, 2.45) is 0 Å². The maximum Gasteiger partial charge on any atom is 0.327 e. The molecule has 1 rings (SSSR count). The van der Waals surface area contributed by atoms with E-state index in [0.29, 0.717) is 11.4 Å². The van der Waals surface area contributed by atoms with Gasteiger partial charge in [-0.05, 0) is 12.1 Å². The molecule has 70 valence electrons. The number of hydrogen-bond acceptors (Lipinski definition) is 3. The number of para-hydroxylation sites is 2. The molecule has 0 aliphatic heterocycles. The van der Waals surface area contributed by atoms with E-state index < -0.39 is 5.97 Å². The molecule has 0 radical (unpaired) electrons. The molecule has 0 fully saturated rings. The van der Waals surface area contributed by atoms with Gasteiger partial charge in [0.1, 0.15) is 0 Å². The molecule has 0 aliphatic rings. The molecular formula is C9H12N2O2. The van der Waals surface area contributed by atoms with Gasteiger partial charge in [0.05, 0.1) is 11.4 Å². The lowest BCUT2D eigenvalue weighted by atomic mass is 10.3. The largest absolute Gasteiger partial charge is 0.478 e. The summed E-state index contributed by atoms with van der Waals surface area (Å²) in [7, 11) is 0. The van der Waals surface area contributed by atoms with Crippen molar-refractivity contribution < 1.29 is 9.90 Å². The lowest BCUT2D eigenvalue weighted by molar-refractivity contribution is -0.131. The summed E-state index contributed by atoms with van der Waals surface area (Å²) in [6, 6.07) is 7.25. The summed E-state index contributed by atoms with van der Waals surface area (Å²) in [6.07, 6.45) is 0.833. The summed E-state index contributed by atoms with van der Waals surface area (Å²) < 4.78 is 0. The minimum absolute atomic E-state index is 0.646. The van der Waals surface area contributed by atoms with Gasteiger partial charge in [-0.25, -0.2) is 4.79 Å². The lowest BCUT2D eigenvalue weighted by Gasteiger charge is -1.94. The molecule has 0 amide bonds. The number of benzene rings is 1. The number of carbonyl (C=O) groups is 1. The Balaban J connectivity index is 0.000000252. The molecule has 0 atom stereocenters. The molecule has 0 aliphatic carbocycles. The van der Waals surface area contributed by atoms with Gasteiger partial charge in [-0.1, -0.05) is 18.7 Å². The molecule has 0 bridgehead atoms. The number of anilines is 2. The minimum atomic E-state index is -0.981. The first-order chi connectivity index (χ1) is 6.07. The van der Waals surface area contributed by atoms with Crippen LogP contribution in [0.15, 0.2) is 36.9 Å². The van der Waals surface area contributed by atoms with E-state index in [1.165, 1.54) is 0 Å². The van der Waals surface area contributed by atoms with Gasteiger partial charge in [0, 0.05) is 6.08 Å². The van der Waals surface area contributed by atoms with Crippen molar-refractivity contribution in [1.82, 2.24) is 0 Å². The van der Waals surface area contributed by atoms with Gasteiger partial charge in [-0.15, -0.1) is 0 Å². The molecule has 4 nitrogen and oxygen atoms in total. The first-order valence-corrected chi connectivity index (χ1v) is 3.53. The van der Waals surface area contributed by atoms with Crippen molar-refractivity contribution in [1.29, 1.82) is 0 Å². The molecule has 1 aromatic carbocycles. The minimum Gasteiger partial charge on any atom is -0.478 e.